The minimum Gasteiger partial charge on any atom is -0.462 e. The van der Waals surface area contributed by atoms with Gasteiger partial charge in [-0.3, -0.25) is 0 Å². The maximum atomic E-state index is 11.8. The van der Waals surface area contributed by atoms with E-state index < -0.39 is 8.07 Å². The van der Waals surface area contributed by atoms with Crippen LogP contribution in [-0.2, 0) is 4.74 Å². The lowest BCUT2D eigenvalue weighted by Crippen LogP contribution is -2.42. The molecule has 1 rings (SSSR count). The summed E-state index contributed by atoms with van der Waals surface area (Å²) < 4.78 is 5.06. The molecule has 0 heterocycles. The Morgan fingerprint density at radius 1 is 1.44 bits per heavy atom. The van der Waals surface area contributed by atoms with Crippen molar-refractivity contribution >= 4 is 19.2 Å². The van der Waals surface area contributed by atoms with Gasteiger partial charge in [0, 0.05) is 0 Å². The van der Waals surface area contributed by atoms with Crippen LogP contribution in [0.5, 0.6) is 0 Å². The molecule has 0 spiro atoms. The van der Waals surface area contributed by atoms with E-state index in [-0.39, 0.29) is 5.97 Å². The molecule has 0 aliphatic rings. The molecule has 0 aromatic heterocycles. The first-order chi connectivity index (χ1) is 7.53. The smallest absolute Gasteiger partial charge is 0.338 e. The molecule has 0 fully saturated rings. The van der Waals surface area contributed by atoms with E-state index in [0.29, 0.717) is 12.2 Å². The first-order valence-corrected chi connectivity index (χ1v) is 8.51. The molecular formula is C13H18O2Si. The SMILES string of the molecule is C=C[Si](C)(C)c1ccccc1C(=O)OCC. The summed E-state index contributed by atoms with van der Waals surface area (Å²) in [6, 6.07) is 7.64. The number of ether oxygens (including phenoxy) is 1. The second kappa shape index (κ2) is 5.12. The Morgan fingerprint density at radius 2 is 2.06 bits per heavy atom. The summed E-state index contributed by atoms with van der Waals surface area (Å²) in [5.41, 5.74) is 2.66. The van der Waals surface area contributed by atoms with Crippen LogP contribution >= 0.6 is 0 Å². The molecule has 0 N–H and O–H groups in total. The largest absolute Gasteiger partial charge is 0.462 e. The third-order valence-corrected chi connectivity index (χ3v) is 5.47. The highest BCUT2D eigenvalue weighted by Crippen LogP contribution is 2.09. The van der Waals surface area contributed by atoms with Gasteiger partial charge in [-0.05, 0) is 18.2 Å². The van der Waals surface area contributed by atoms with Gasteiger partial charge in [0.2, 0.25) is 0 Å². The molecule has 3 heteroatoms. The van der Waals surface area contributed by atoms with Crippen molar-refractivity contribution in [3.63, 3.8) is 0 Å². The predicted octanol–water partition coefficient (Wildman–Crippen LogP) is 2.50. The fourth-order valence-electron chi connectivity index (χ4n) is 1.54. The summed E-state index contributed by atoms with van der Waals surface area (Å²) in [4.78, 5) is 11.8. The molecule has 0 bridgehead atoms. The molecule has 0 aliphatic carbocycles. The Balaban J connectivity index is 3.20. The highest BCUT2D eigenvalue weighted by Gasteiger charge is 2.25. The van der Waals surface area contributed by atoms with Crippen LogP contribution in [0.25, 0.3) is 0 Å². The summed E-state index contributed by atoms with van der Waals surface area (Å²) >= 11 is 0. The van der Waals surface area contributed by atoms with Crippen molar-refractivity contribution in [1.29, 1.82) is 0 Å². The van der Waals surface area contributed by atoms with Crippen LogP contribution in [-0.4, -0.2) is 20.7 Å². The van der Waals surface area contributed by atoms with Crippen LogP contribution in [0.3, 0.4) is 0 Å². The van der Waals surface area contributed by atoms with Crippen LogP contribution < -0.4 is 5.19 Å². The lowest BCUT2D eigenvalue weighted by molar-refractivity contribution is 0.0528. The number of carbonyl (C=O) groups is 1. The minimum atomic E-state index is -1.73. The van der Waals surface area contributed by atoms with Crippen molar-refractivity contribution in [3.8, 4) is 0 Å². The molecule has 0 unspecified atom stereocenters. The van der Waals surface area contributed by atoms with Gasteiger partial charge in [0.15, 0.2) is 0 Å². The fraction of sp³-hybridized carbons (Fsp3) is 0.308. The first kappa shape index (κ1) is 12.7. The fourth-order valence-corrected chi connectivity index (χ4v) is 3.17. The molecule has 0 amide bonds. The van der Waals surface area contributed by atoms with Crippen LogP contribution in [0.4, 0.5) is 0 Å². The third-order valence-electron chi connectivity index (χ3n) is 2.63. The molecule has 0 atom stereocenters. The van der Waals surface area contributed by atoms with Crippen LogP contribution in [0, 0.1) is 0 Å². The summed E-state index contributed by atoms with van der Waals surface area (Å²) in [5.74, 6) is -0.236. The lowest BCUT2D eigenvalue weighted by Gasteiger charge is -2.20. The molecule has 1 aromatic carbocycles. The number of carbonyl (C=O) groups excluding carboxylic acids is 1. The normalized spacial score (nSPS) is 10.9. The monoisotopic (exact) mass is 234 g/mol. The van der Waals surface area contributed by atoms with Crippen LogP contribution in [0.15, 0.2) is 36.5 Å². The van der Waals surface area contributed by atoms with Gasteiger partial charge >= 0.3 is 5.97 Å². The molecule has 0 aliphatic heterocycles. The van der Waals surface area contributed by atoms with E-state index in [1.165, 1.54) is 0 Å². The summed E-state index contributed by atoms with van der Waals surface area (Å²) in [6.45, 7) is 10.4. The van der Waals surface area contributed by atoms with Gasteiger partial charge in [0.1, 0.15) is 8.07 Å². The quantitative estimate of drug-likeness (QED) is 0.591. The van der Waals surface area contributed by atoms with E-state index in [1.807, 2.05) is 36.9 Å². The van der Waals surface area contributed by atoms with E-state index >= 15 is 0 Å². The summed E-state index contributed by atoms with van der Waals surface area (Å²) in [5, 5.41) is 1.09. The van der Waals surface area contributed by atoms with Gasteiger partial charge in [-0.2, -0.15) is 0 Å². The summed E-state index contributed by atoms with van der Waals surface area (Å²) in [6.07, 6.45) is 0. The van der Waals surface area contributed by atoms with Gasteiger partial charge < -0.3 is 4.74 Å². The lowest BCUT2D eigenvalue weighted by atomic mass is 10.2. The van der Waals surface area contributed by atoms with Crippen molar-refractivity contribution in [3.05, 3.63) is 42.1 Å². The molecule has 1 aromatic rings. The molecule has 0 saturated heterocycles. The van der Waals surface area contributed by atoms with Gasteiger partial charge in [-0.15, -0.1) is 6.58 Å². The van der Waals surface area contributed by atoms with Gasteiger partial charge in [0.05, 0.1) is 12.2 Å². The van der Waals surface area contributed by atoms with E-state index in [4.69, 9.17) is 4.74 Å². The number of rotatable bonds is 4. The second-order valence-electron chi connectivity index (χ2n) is 4.19. The number of hydrogen-bond donors (Lipinski definition) is 0. The Bertz CT molecular complexity index is 397. The van der Waals surface area contributed by atoms with Crippen LogP contribution in [0.2, 0.25) is 13.1 Å². The van der Waals surface area contributed by atoms with E-state index in [9.17, 15) is 4.79 Å². The predicted molar refractivity (Wildman–Crippen MR) is 69.7 cm³/mol. The van der Waals surface area contributed by atoms with Crippen molar-refractivity contribution in [2.24, 2.45) is 0 Å². The molecule has 2 nitrogen and oxygen atoms in total. The van der Waals surface area contributed by atoms with Gasteiger partial charge in [-0.25, -0.2) is 4.79 Å². The van der Waals surface area contributed by atoms with Crippen molar-refractivity contribution in [1.82, 2.24) is 0 Å². The minimum absolute atomic E-state index is 0.236. The average molecular weight is 234 g/mol. The molecule has 0 saturated carbocycles. The number of benzene rings is 1. The zero-order valence-corrected chi connectivity index (χ0v) is 11.1. The Kier molecular flexibility index (Phi) is 4.07. The first-order valence-electron chi connectivity index (χ1n) is 5.43. The van der Waals surface area contributed by atoms with Crippen LogP contribution in [0.1, 0.15) is 17.3 Å². The zero-order chi connectivity index (χ0) is 12.2. The van der Waals surface area contributed by atoms with E-state index in [0.717, 1.165) is 5.19 Å². The Labute approximate surface area is 98.0 Å². The van der Waals surface area contributed by atoms with Crippen molar-refractivity contribution < 1.29 is 9.53 Å². The highest BCUT2D eigenvalue weighted by molar-refractivity contribution is 6.94. The zero-order valence-electron chi connectivity index (χ0n) is 10.1. The standard InChI is InChI=1S/C13H18O2Si/c1-5-15-13(14)11-9-7-8-10-12(11)16(3,4)6-2/h6-10H,2,5H2,1,3-4H3. The Morgan fingerprint density at radius 3 is 2.62 bits per heavy atom. The van der Waals surface area contributed by atoms with Crippen molar-refractivity contribution in [2.75, 3.05) is 6.61 Å². The Hall–Kier alpha value is -1.35. The maximum Gasteiger partial charge on any atom is 0.338 e. The molecule has 0 radical (unpaired) electrons. The molecular weight excluding hydrogens is 216 g/mol. The van der Waals surface area contributed by atoms with E-state index in [2.05, 4.69) is 19.7 Å². The molecule has 86 valence electrons. The van der Waals surface area contributed by atoms with Crippen molar-refractivity contribution in [2.45, 2.75) is 20.0 Å². The maximum absolute atomic E-state index is 11.8. The summed E-state index contributed by atoms with van der Waals surface area (Å²) in [7, 11) is -1.73. The topological polar surface area (TPSA) is 26.3 Å². The number of esters is 1. The van der Waals surface area contributed by atoms with Gasteiger partial charge in [0.25, 0.3) is 0 Å². The van der Waals surface area contributed by atoms with E-state index in [1.54, 1.807) is 0 Å². The average Bonchev–Trinajstić information content (AvgIpc) is 2.29. The highest BCUT2D eigenvalue weighted by atomic mass is 28.3. The second-order valence-corrected chi connectivity index (χ2v) is 8.58. The van der Waals surface area contributed by atoms with Gasteiger partial charge in [-0.1, -0.05) is 37.0 Å². The molecule has 16 heavy (non-hydrogen) atoms. The third kappa shape index (κ3) is 2.61. The number of hydrogen-bond acceptors (Lipinski definition) is 2.